The van der Waals surface area contributed by atoms with Crippen molar-refractivity contribution >= 4 is 17.8 Å². The summed E-state index contributed by atoms with van der Waals surface area (Å²) in [4.78, 5) is 31.2. The van der Waals surface area contributed by atoms with E-state index in [2.05, 4.69) is 0 Å². The molecule has 6 nitrogen and oxygen atoms in total. The van der Waals surface area contributed by atoms with Crippen LogP contribution in [-0.4, -0.2) is 40.5 Å². The maximum absolute atomic E-state index is 11.8. The molecule has 0 rings (SSSR count). The number of aliphatic carboxylic acids is 2. The fourth-order valence-corrected chi connectivity index (χ4v) is 0.950. The number of nitrogens with one attached hydrogen (secondary N) is 1. The molecule has 0 aromatic heterocycles. The zero-order valence-corrected chi connectivity index (χ0v) is 8.15. The van der Waals surface area contributed by atoms with Crippen molar-refractivity contribution in [2.75, 3.05) is 0 Å². The van der Waals surface area contributed by atoms with Gasteiger partial charge in [0.15, 0.2) is 0 Å². The molecule has 0 spiro atoms. The molecule has 0 saturated carbocycles. The minimum atomic E-state index is -3.29. The Balaban J connectivity index is 4.13. The van der Waals surface area contributed by atoms with Crippen molar-refractivity contribution in [3.63, 3.8) is 0 Å². The van der Waals surface area contributed by atoms with Crippen molar-refractivity contribution in [3.05, 3.63) is 0 Å². The van der Waals surface area contributed by atoms with Crippen molar-refractivity contribution in [2.45, 2.75) is 31.7 Å². The largest absolute Gasteiger partial charge is 0.481 e. The number of alkyl halides is 2. The van der Waals surface area contributed by atoms with Crippen LogP contribution in [0.2, 0.25) is 0 Å². The van der Waals surface area contributed by atoms with E-state index in [9.17, 15) is 23.2 Å². The number of halogens is 2. The van der Waals surface area contributed by atoms with Crippen LogP contribution in [0.5, 0.6) is 0 Å². The number of carbonyl (C=O) groups excluding carboxylic acids is 1. The lowest BCUT2D eigenvalue weighted by molar-refractivity contribution is -0.144. The van der Waals surface area contributed by atoms with Crippen LogP contribution in [0.15, 0.2) is 0 Å². The van der Waals surface area contributed by atoms with Crippen molar-refractivity contribution in [2.24, 2.45) is 0 Å². The highest BCUT2D eigenvalue weighted by Crippen LogP contribution is 2.03. The summed E-state index contributed by atoms with van der Waals surface area (Å²) in [6.45, 7) is 0. The highest BCUT2D eigenvalue weighted by molar-refractivity contribution is 5.85. The smallest absolute Gasteiger partial charge is 0.326 e. The van der Waals surface area contributed by atoms with E-state index in [0.29, 0.717) is 0 Å². The summed E-state index contributed by atoms with van der Waals surface area (Å²) in [5, 5.41) is 18.5. The average Bonchev–Trinajstić information content (AvgIpc) is 2.14. The molecule has 92 valence electrons. The average molecular weight is 239 g/mol. The van der Waals surface area contributed by atoms with Crippen LogP contribution in [0.3, 0.4) is 0 Å². The molecule has 0 fully saturated rings. The van der Waals surface area contributed by atoms with Crippen molar-refractivity contribution in [1.29, 1.82) is 0 Å². The maximum Gasteiger partial charge on any atom is 0.326 e. The second-order valence-electron chi connectivity index (χ2n) is 2.99. The summed E-state index contributed by atoms with van der Waals surface area (Å²) in [6.07, 6.45) is -3.80. The number of carboxylic acids is 2. The second kappa shape index (κ2) is 6.70. The van der Waals surface area contributed by atoms with E-state index in [1.807, 2.05) is 0 Å². The maximum atomic E-state index is 11.8. The first kappa shape index (κ1) is 14.3. The minimum Gasteiger partial charge on any atom is -0.481 e. The van der Waals surface area contributed by atoms with E-state index >= 15 is 0 Å². The summed E-state index contributed by atoms with van der Waals surface area (Å²) >= 11 is 0. The van der Waals surface area contributed by atoms with Gasteiger partial charge in [-0.2, -0.15) is 8.78 Å². The van der Waals surface area contributed by atoms with Crippen LogP contribution < -0.4 is 5.32 Å². The molecule has 3 N–H and O–H groups in total. The van der Waals surface area contributed by atoms with Crippen molar-refractivity contribution in [3.8, 4) is 0 Å². The molecule has 0 aromatic rings. The summed E-state index contributed by atoms with van der Waals surface area (Å²) in [6, 6.07) is -1.49. The van der Waals surface area contributed by atoms with Crippen LogP contribution in [0.1, 0.15) is 19.3 Å². The molecule has 16 heavy (non-hydrogen) atoms. The third-order valence-electron chi connectivity index (χ3n) is 1.70. The van der Waals surface area contributed by atoms with Crippen LogP contribution in [0.4, 0.5) is 8.78 Å². The number of hydrogen-bond acceptors (Lipinski definition) is 3. The SMILES string of the molecule is O=C(O)CCC[C@@H](NC(=O)C(F)F)C(=O)O. The monoisotopic (exact) mass is 239 g/mol. The Kier molecular flexibility index (Phi) is 5.97. The Morgan fingerprint density at radius 1 is 1.19 bits per heavy atom. The van der Waals surface area contributed by atoms with Gasteiger partial charge in [0.25, 0.3) is 5.91 Å². The molecule has 0 radical (unpaired) electrons. The zero-order chi connectivity index (χ0) is 12.7. The lowest BCUT2D eigenvalue weighted by Crippen LogP contribution is -2.43. The molecule has 1 amide bonds. The van der Waals surface area contributed by atoms with Crippen molar-refractivity contribution in [1.82, 2.24) is 5.32 Å². The molecule has 0 aliphatic rings. The molecule has 0 saturated heterocycles. The van der Waals surface area contributed by atoms with Gasteiger partial charge in [-0.05, 0) is 12.8 Å². The Hall–Kier alpha value is -1.73. The van der Waals surface area contributed by atoms with Gasteiger partial charge in [0.05, 0.1) is 0 Å². The van der Waals surface area contributed by atoms with E-state index in [0.717, 1.165) is 0 Å². The number of carboxylic acid groups (broad SMARTS) is 2. The fourth-order valence-electron chi connectivity index (χ4n) is 0.950. The molecule has 0 bridgehead atoms. The first-order chi connectivity index (χ1) is 7.34. The van der Waals surface area contributed by atoms with E-state index < -0.39 is 30.3 Å². The van der Waals surface area contributed by atoms with Crippen LogP contribution in [-0.2, 0) is 14.4 Å². The van der Waals surface area contributed by atoms with Crippen LogP contribution in [0.25, 0.3) is 0 Å². The van der Waals surface area contributed by atoms with Gasteiger partial charge in [-0.15, -0.1) is 0 Å². The summed E-state index contributed by atoms with van der Waals surface area (Å²) < 4.78 is 23.6. The lowest BCUT2D eigenvalue weighted by atomic mass is 10.1. The highest BCUT2D eigenvalue weighted by atomic mass is 19.3. The lowest BCUT2D eigenvalue weighted by Gasteiger charge is -2.13. The van der Waals surface area contributed by atoms with E-state index in [4.69, 9.17) is 10.2 Å². The van der Waals surface area contributed by atoms with E-state index in [-0.39, 0.29) is 19.3 Å². The van der Waals surface area contributed by atoms with Crippen molar-refractivity contribution < 1.29 is 33.4 Å². The van der Waals surface area contributed by atoms with Gasteiger partial charge in [-0.1, -0.05) is 0 Å². The molecule has 0 unspecified atom stereocenters. The highest BCUT2D eigenvalue weighted by Gasteiger charge is 2.24. The second-order valence-corrected chi connectivity index (χ2v) is 2.99. The summed E-state index contributed by atoms with van der Waals surface area (Å²) in [5.74, 6) is -4.27. The molecule has 0 aromatic carbocycles. The molecule has 0 aliphatic heterocycles. The van der Waals surface area contributed by atoms with Crippen LogP contribution in [0, 0.1) is 0 Å². The molecule has 0 heterocycles. The summed E-state index contributed by atoms with van der Waals surface area (Å²) in [5.41, 5.74) is 0. The normalized spacial score (nSPS) is 12.2. The zero-order valence-electron chi connectivity index (χ0n) is 8.15. The summed E-state index contributed by atoms with van der Waals surface area (Å²) in [7, 11) is 0. The fraction of sp³-hybridized carbons (Fsp3) is 0.625. The first-order valence-electron chi connectivity index (χ1n) is 4.37. The molecule has 1 atom stereocenters. The van der Waals surface area contributed by atoms with Gasteiger partial charge in [-0.3, -0.25) is 9.59 Å². The van der Waals surface area contributed by atoms with Gasteiger partial charge in [0, 0.05) is 6.42 Å². The molecular formula is C8H11F2NO5. The first-order valence-corrected chi connectivity index (χ1v) is 4.37. The molecule has 8 heteroatoms. The van der Waals surface area contributed by atoms with Gasteiger partial charge in [-0.25, -0.2) is 4.79 Å². The van der Waals surface area contributed by atoms with Gasteiger partial charge in [0.1, 0.15) is 6.04 Å². The number of hydrogen-bond donors (Lipinski definition) is 3. The Morgan fingerprint density at radius 2 is 1.75 bits per heavy atom. The van der Waals surface area contributed by atoms with E-state index in [1.54, 1.807) is 5.32 Å². The Labute approximate surface area is 89.2 Å². The quantitative estimate of drug-likeness (QED) is 0.583. The number of amides is 1. The van der Waals surface area contributed by atoms with Gasteiger partial charge >= 0.3 is 18.4 Å². The Morgan fingerprint density at radius 3 is 2.12 bits per heavy atom. The predicted octanol–water partition coefficient (Wildman–Crippen LogP) is 0.0758. The topological polar surface area (TPSA) is 104 Å². The minimum absolute atomic E-state index is 0.0180. The predicted molar refractivity (Wildman–Crippen MR) is 47.1 cm³/mol. The number of carbonyl (C=O) groups is 3. The van der Waals surface area contributed by atoms with Gasteiger partial charge < -0.3 is 15.5 Å². The van der Waals surface area contributed by atoms with E-state index in [1.165, 1.54) is 0 Å². The molecular weight excluding hydrogens is 228 g/mol. The third kappa shape index (κ3) is 5.89. The number of rotatable bonds is 7. The van der Waals surface area contributed by atoms with Gasteiger partial charge in [0.2, 0.25) is 0 Å². The molecule has 0 aliphatic carbocycles. The Bertz CT molecular complexity index is 282. The van der Waals surface area contributed by atoms with Crippen LogP contribution >= 0.6 is 0 Å². The third-order valence-corrected chi connectivity index (χ3v) is 1.70. The standard InChI is InChI=1S/C8H11F2NO5/c9-6(10)7(14)11-4(8(15)16)2-1-3-5(12)13/h4,6H,1-3H2,(H,11,14)(H,12,13)(H,15,16)/t4-/m1/s1.